The SMILES string of the molecule is CCCCCOc1ccccc1NC(=O)OCCCN1CCCCCC1. The molecule has 0 aromatic heterocycles. The zero-order chi connectivity index (χ0) is 18.5. The lowest BCUT2D eigenvalue weighted by molar-refractivity contribution is 0.152. The number of rotatable bonds is 10. The highest BCUT2D eigenvalue weighted by Crippen LogP contribution is 2.24. The van der Waals surface area contributed by atoms with Crippen molar-refractivity contribution >= 4 is 11.8 Å². The number of amides is 1. The second-order valence-corrected chi connectivity index (χ2v) is 6.92. The molecule has 0 unspecified atom stereocenters. The fourth-order valence-corrected chi connectivity index (χ4v) is 3.19. The summed E-state index contributed by atoms with van der Waals surface area (Å²) in [5.74, 6) is 0.699. The molecule has 1 N–H and O–H groups in total. The van der Waals surface area contributed by atoms with Gasteiger partial charge < -0.3 is 14.4 Å². The lowest BCUT2D eigenvalue weighted by Crippen LogP contribution is -2.27. The van der Waals surface area contributed by atoms with Crippen LogP contribution in [0.3, 0.4) is 0 Å². The average Bonchev–Trinajstić information content (AvgIpc) is 2.92. The van der Waals surface area contributed by atoms with Crippen LogP contribution in [0.1, 0.15) is 58.3 Å². The van der Waals surface area contributed by atoms with Crippen molar-refractivity contribution < 1.29 is 14.3 Å². The van der Waals surface area contributed by atoms with Crippen LogP contribution in [0, 0.1) is 0 Å². The largest absolute Gasteiger partial charge is 0.491 e. The number of hydrogen-bond acceptors (Lipinski definition) is 4. The molecule has 5 nitrogen and oxygen atoms in total. The van der Waals surface area contributed by atoms with Crippen LogP contribution >= 0.6 is 0 Å². The minimum absolute atomic E-state index is 0.412. The second kappa shape index (κ2) is 12.6. The van der Waals surface area contributed by atoms with Gasteiger partial charge in [-0.15, -0.1) is 0 Å². The van der Waals surface area contributed by atoms with Gasteiger partial charge in [0.1, 0.15) is 5.75 Å². The van der Waals surface area contributed by atoms with Gasteiger partial charge in [0.25, 0.3) is 0 Å². The highest BCUT2D eigenvalue weighted by atomic mass is 16.5. The lowest BCUT2D eigenvalue weighted by Gasteiger charge is -2.19. The molecule has 1 aromatic rings. The van der Waals surface area contributed by atoms with Crippen molar-refractivity contribution in [3.05, 3.63) is 24.3 Å². The van der Waals surface area contributed by atoms with Gasteiger partial charge in [-0.05, 0) is 50.9 Å². The Bertz CT molecular complexity index is 514. The number of para-hydroxylation sites is 2. The van der Waals surface area contributed by atoms with E-state index in [1.807, 2.05) is 24.3 Å². The number of anilines is 1. The molecule has 1 aromatic carbocycles. The van der Waals surface area contributed by atoms with Gasteiger partial charge in [-0.25, -0.2) is 4.79 Å². The fourth-order valence-electron chi connectivity index (χ4n) is 3.19. The fraction of sp³-hybridized carbons (Fsp3) is 0.667. The van der Waals surface area contributed by atoms with Crippen LogP contribution in [0.4, 0.5) is 10.5 Å². The third kappa shape index (κ3) is 8.09. The maximum absolute atomic E-state index is 12.0. The molecule has 146 valence electrons. The molecule has 0 aliphatic carbocycles. The number of nitrogens with zero attached hydrogens (tertiary/aromatic N) is 1. The Balaban J connectivity index is 1.66. The van der Waals surface area contributed by atoms with Crippen LogP contribution in [-0.2, 0) is 4.74 Å². The maximum Gasteiger partial charge on any atom is 0.411 e. The Hall–Kier alpha value is -1.75. The van der Waals surface area contributed by atoms with Crippen molar-refractivity contribution in [1.29, 1.82) is 0 Å². The number of likely N-dealkylation sites (tertiary alicyclic amines) is 1. The van der Waals surface area contributed by atoms with Gasteiger partial charge in [0.2, 0.25) is 0 Å². The summed E-state index contributed by atoms with van der Waals surface area (Å²) in [4.78, 5) is 14.5. The van der Waals surface area contributed by atoms with Crippen LogP contribution in [0.15, 0.2) is 24.3 Å². The van der Waals surface area contributed by atoms with E-state index in [-0.39, 0.29) is 0 Å². The molecule has 2 rings (SSSR count). The van der Waals surface area contributed by atoms with E-state index >= 15 is 0 Å². The normalized spacial score (nSPS) is 15.3. The third-order valence-electron chi connectivity index (χ3n) is 4.68. The van der Waals surface area contributed by atoms with Gasteiger partial charge in [0.15, 0.2) is 0 Å². The Labute approximate surface area is 158 Å². The van der Waals surface area contributed by atoms with Crippen molar-refractivity contribution in [3.63, 3.8) is 0 Å². The molecule has 26 heavy (non-hydrogen) atoms. The molecule has 0 spiro atoms. The van der Waals surface area contributed by atoms with Crippen LogP contribution in [0.2, 0.25) is 0 Å². The predicted molar refractivity (Wildman–Crippen MR) is 106 cm³/mol. The van der Waals surface area contributed by atoms with Crippen molar-refractivity contribution in [1.82, 2.24) is 4.90 Å². The van der Waals surface area contributed by atoms with Crippen LogP contribution in [0.25, 0.3) is 0 Å². The summed E-state index contributed by atoms with van der Waals surface area (Å²) in [6.07, 6.45) is 9.05. The number of ether oxygens (including phenoxy) is 2. The number of nitrogens with one attached hydrogen (secondary N) is 1. The van der Waals surface area contributed by atoms with E-state index in [1.54, 1.807) is 0 Å². The zero-order valence-electron chi connectivity index (χ0n) is 16.2. The average molecular weight is 363 g/mol. The maximum atomic E-state index is 12.0. The first-order valence-electron chi connectivity index (χ1n) is 10.2. The Kier molecular flexibility index (Phi) is 9.95. The van der Waals surface area contributed by atoms with Crippen molar-refractivity contribution in [2.45, 2.75) is 58.3 Å². The van der Waals surface area contributed by atoms with E-state index in [0.29, 0.717) is 24.7 Å². The van der Waals surface area contributed by atoms with E-state index < -0.39 is 6.09 Å². The van der Waals surface area contributed by atoms with E-state index in [4.69, 9.17) is 9.47 Å². The molecular formula is C21H34N2O3. The van der Waals surface area contributed by atoms with E-state index in [0.717, 1.165) is 32.2 Å². The van der Waals surface area contributed by atoms with E-state index in [9.17, 15) is 4.79 Å². The van der Waals surface area contributed by atoms with Gasteiger partial charge in [0.05, 0.1) is 18.9 Å². The molecule has 0 bridgehead atoms. The van der Waals surface area contributed by atoms with Crippen molar-refractivity contribution in [2.75, 3.05) is 38.2 Å². The standard InChI is InChI=1S/C21H34N2O3/c1-2-3-10-17-25-20-13-7-6-12-19(20)22-21(24)26-18-11-16-23-14-8-4-5-9-15-23/h6-7,12-13H,2-5,8-11,14-18H2,1H3,(H,22,24). The van der Waals surface area contributed by atoms with Crippen molar-refractivity contribution in [2.24, 2.45) is 0 Å². The minimum atomic E-state index is -0.412. The molecule has 5 heteroatoms. The number of carbonyl (C=O) groups excluding carboxylic acids is 1. The first-order valence-corrected chi connectivity index (χ1v) is 10.2. The minimum Gasteiger partial charge on any atom is -0.491 e. The smallest absolute Gasteiger partial charge is 0.411 e. The number of unbranched alkanes of at least 4 members (excludes halogenated alkanes) is 2. The summed E-state index contributed by atoms with van der Waals surface area (Å²) in [7, 11) is 0. The van der Waals surface area contributed by atoms with Gasteiger partial charge in [0, 0.05) is 6.54 Å². The first-order chi connectivity index (χ1) is 12.8. The van der Waals surface area contributed by atoms with E-state index in [1.165, 1.54) is 38.8 Å². The third-order valence-corrected chi connectivity index (χ3v) is 4.68. The molecule has 1 heterocycles. The van der Waals surface area contributed by atoms with Gasteiger partial charge in [-0.3, -0.25) is 5.32 Å². The summed E-state index contributed by atoms with van der Waals surface area (Å²) in [6.45, 7) is 6.63. The van der Waals surface area contributed by atoms with Gasteiger partial charge in [-0.2, -0.15) is 0 Å². The number of benzene rings is 1. The molecule has 1 fully saturated rings. The highest BCUT2D eigenvalue weighted by Gasteiger charge is 2.10. The predicted octanol–water partition coefficient (Wildman–Crippen LogP) is 5.07. The lowest BCUT2D eigenvalue weighted by atomic mass is 10.2. The molecule has 1 aliphatic rings. The van der Waals surface area contributed by atoms with Crippen LogP contribution < -0.4 is 10.1 Å². The molecule has 1 amide bonds. The summed E-state index contributed by atoms with van der Waals surface area (Å²) in [5, 5.41) is 2.80. The first kappa shape index (κ1) is 20.6. The molecular weight excluding hydrogens is 328 g/mol. The molecule has 1 aliphatic heterocycles. The molecule has 0 saturated carbocycles. The van der Waals surface area contributed by atoms with Gasteiger partial charge in [-0.1, -0.05) is 44.7 Å². The Morgan fingerprint density at radius 2 is 1.81 bits per heavy atom. The van der Waals surface area contributed by atoms with Crippen LogP contribution in [-0.4, -0.2) is 43.8 Å². The van der Waals surface area contributed by atoms with Crippen LogP contribution in [0.5, 0.6) is 5.75 Å². The Morgan fingerprint density at radius 1 is 1.04 bits per heavy atom. The number of carbonyl (C=O) groups is 1. The summed E-state index contributed by atoms with van der Waals surface area (Å²) >= 11 is 0. The van der Waals surface area contributed by atoms with Crippen molar-refractivity contribution in [3.8, 4) is 5.75 Å². The quantitative estimate of drug-likeness (QED) is 0.590. The van der Waals surface area contributed by atoms with E-state index in [2.05, 4.69) is 17.1 Å². The number of hydrogen-bond donors (Lipinski definition) is 1. The summed E-state index contributed by atoms with van der Waals surface area (Å²) in [5.41, 5.74) is 0.668. The summed E-state index contributed by atoms with van der Waals surface area (Å²) in [6, 6.07) is 7.51. The monoisotopic (exact) mass is 362 g/mol. The molecule has 0 radical (unpaired) electrons. The zero-order valence-corrected chi connectivity index (χ0v) is 16.2. The molecule has 1 saturated heterocycles. The Morgan fingerprint density at radius 3 is 2.58 bits per heavy atom. The molecule has 0 atom stereocenters. The topological polar surface area (TPSA) is 50.8 Å². The summed E-state index contributed by atoms with van der Waals surface area (Å²) < 4.78 is 11.1. The second-order valence-electron chi connectivity index (χ2n) is 6.92. The highest BCUT2D eigenvalue weighted by molar-refractivity contribution is 5.86. The van der Waals surface area contributed by atoms with Gasteiger partial charge >= 0.3 is 6.09 Å².